The third kappa shape index (κ3) is 5.28. The van der Waals surface area contributed by atoms with Crippen molar-refractivity contribution in [2.75, 3.05) is 6.54 Å². The van der Waals surface area contributed by atoms with Crippen LogP contribution in [0.5, 0.6) is 0 Å². The van der Waals surface area contributed by atoms with Crippen LogP contribution in [0.1, 0.15) is 48.5 Å². The molecule has 1 aromatic heterocycles. The van der Waals surface area contributed by atoms with Gasteiger partial charge in [0.25, 0.3) is 0 Å². The molecule has 5 heteroatoms. The van der Waals surface area contributed by atoms with Crippen LogP contribution in [0.25, 0.3) is 0 Å². The summed E-state index contributed by atoms with van der Waals surface area (Å²) in [6.07, 6.45) is 5.34. The summed E-state index contributed by atoms with van der Waals surface area (Å²) in [5, 5.41) is 3.93. The summed E-state index contributed by atoms with van der Waals surface area (Å²) in [5.41, 5.74) is 5.40. The molecule has 1 atom stereocenters. The molecular formula is C12H21N3OS. The van der Waals surface area contributed by atoms with E-state index in [0.717, 1.165) is 24.3 Å². The van der Waals surface area contributed by atoms with Crippen molar-refractivity contribution in [1.82, 2.24) is 10.3 Å². The summed E-state index contributed by atoms with van der Waals surface area (Å²) in [6, 6.07) is 0.00992. The number of unbranched alkanes of at least 4 members (excludes halogenated alkanes) is 2. The summed E-state index contributed by atoms with van der Waals surface area (Å²) in [4.78, 5) is 17.1. The second-order valence-corrected chi connectivity index (χ2v) is 5.46. The average Bonchev–Trinajstić information content (AvgIpc) is 2.71. The first-order valence-corrected chi connectivity index (χ1v) is 6.87. The number of aryl methyl sites for hydroxylation is 1. The van der Waals surface area contributed by atoms with Gasteiger partial charge in [0.15, 0.2) is 0 Å². The number of nitrogens with one attached hydrogen (secondary N) is 1. The predicted molar refractivity (Wildman–Crippen MR) is 70.9 cm³/mol. The zero-order valence-electron chi connectivity index (χ0n) is 10.5. The lowest BCUT2D eigenvalue weighted by molar-refractivity contribution is -0.121. The number of hydrogen-bond donors (Lipinski definition) is 2. The summed E-state index contributed by atoms with van der Waals surface area (Å²) < 4.78 is 0. The Morgan fingerprint density at radius 2 is 2.29 bits per heavy atom. The summed E-state index contributed by atoms with van der Waals surface area (Å²) in [5.74, 6) is 0.0994. The average molecular weight is 255 g/mol. The smallest absolute Gasteiger partial charge is 0.220 e. The van der Waals surface area contributed by atoms with Crippen LogP contribution in [0.4, 0.5) is 0 Å². The number of carbonyl (C=O) groups excluding carboxylic acids is 1. The topological polar surface area (TPSA) is 68.0 Å². The highest BCUT2D eigenvalue weighted by atomic mass is 32.1. The van der Waals surface area contributed by atoms with Crippen molar-refractivity contribution in [3.05, 3.63) is 16.1 Å². The molecule has 4 nitrogen and oxygen atoms in total. The molecule has 0 aliphatic rings. The largest absolute Gasteiger partial charge is 0.347 e. The van der Waals surface area contributed by atoms with E-state index in [0.29, 0.717) is 13.0 Å². The quantitative estimate of drug-likeness (QED) is 0.734. The first kappa shape index (κ1) is 14.1. The van der Waals surface area contributed by atoms with Gasteiger partial charge >= 0.3 is 0 Å². The zero-order chi connectivity index (χ0) is 12.7. The number of amides is 1. The highest BCUT2D eigenvalue weighted by Gasteiger charge is 2.11. The van der Waals surface area contributed by atoms with Gasteiger partial charge in [-0.3, -0.25) is 4.79 Å². The highest BCUT2D eigenvalue weighted by Crippen LogP contribution is 2.18. The minimum absolute atomic E-state index is 0.00992. The maximum atomic E-state index is 11.6. The minimum Gasteiger partial charge on any atom is -0.347 e. The lowest BCUT2D eigenvalue weighted by Gasteiger charge is -2.10. The van der Waals surface area contributed by atoms with E-state index < -0.39 is 0 Å². The third-order valence-corrected chi connectivity index (χ3v) is 3.59. The van der Waals surface area contributed by atoms with E-state index in [4.69, 9.17) is 5.73 Å². The Morgan fingerprint density at radius 1 is 1.53 bits per heavy atom. The van der Waals surface area contributed by atoms with E-state index in [2.05, 4.69) is 10.3 Å². The Bertz CT molecular complexity index is 351. The predicted octanol–water partition coefficient (Wildman–Crippen LogP) is 2.15. The fourth-order valence-corrected chi connectivity index (χ4v) is 2.33. The number of rotatable bonds is 7. The van der Waals surface area contributed by atoms with E-state index >= 15 is 0 Å². The zero-order valence-corrected chi connectivity index (χ0v) is 11.3. The van der Waals surface area contributed by atoms with Crippen LogP contribution in [0, 0.1) is 6.92 Å². The molecule has 1 amide bonds. The van der Waals surface area contributed by atoms with Crippen molar-refractivity contribution < 1.29 is 4.79 Å². The molecule has 0 aliphatic carbocycles. The molecule has 0 saturated heterocycles. The summed E-state index contributed by atoms with van der Waals surface area (Å²) in [7, 11) is 0. The van der Waals surface area contributed by atoms with Gasteiger partial charge in [-0.2, -0.15) is 0 Å². The van der Waals surface area contributed by atoms with Crippen LogP contribution < -0.4 is 11.1 Å². The molecule has 1 rings (SSSR count). The van der Waals surface area contributed by atoms with Gasteiger partial charge in [0, 0.05) is 17.5 Å². The van der Waals surface area contributed by atoms with Gasteiger partial charge in [0.2, 0.25) is 5.91 Å². The van der Waals surface area contributed by atoms with Crippen LogP contribution in [-0.2, 0) is 4.79 Å². The summed E-state index contributed by atoms with van der Waals surface area (Å²) >= 11 is 1.63. The van der Waals surface area contributed by atoms with Gasteiger partial charge in [-0.15, -0.1) is 11.3 Å². The highest BCUT2D eigenvalue weighted by molar-refractivity contribution is 7.11. The first-order valence-electron chi connectivity index (χ1n) is 6.05. The van der Waals surface area contributed by atoms with Gasteiger partial charge < -0.3 is 11.1 Å². The molecule has 1 unspecified atom stereocenters. The van der Waals surface area contributed by atoms with Crippen LogP contribution in [0.15, 0.2) is 6.20 Å². The van der Waals surface area contributed by atoms with Gasteiger partial charge in [0.05, 0.1) is 6.04 Å². The van der Waals surface area contributed by atoms with Crippen molar-refractivity contribution in [2.24, 2.45) is 5.73 Å². The monoisotopic (exact) mass is 255 g/mol. The molecule has 17 heavy (non-hydrogen) atoms. The number of aromatic nitrogens is 1. The first-order chi connectivity index (χ1) is 8.13. The fraction of sp³-hybridized carbons (Fsp3) is 0.667. The van der Waals surface area contributed by atoms with E-state index in [9.17, 15) is 4.79 Å². The fourth-order valence-electron chi connectivity index (χ4n) is 1.55. The van der Waals surface area contributed by atoms with E-state index in [-0.39, 0.29) is 11.9 Å². The van der Waals surface area contributed by atoms with Crippen LogP contribution in [0.3, 0.4) is 0 Å². The molecule has 1 heterocycles. The number of thiazole rings is 1. The second-order valence-electron chi connectivity index (χ2n) is 4.20. The molecular weight excluding hydrogens is 234 g/mol. The van der Waals surface area contributed by atoms with E-state index in [1.54, 1.807) is 11.3 Å². The van der Waals surface area contributed by atoms with Crippen molar-refractivity contribution in [1.29, 1.82) is 0 Å². The maximum absolute atomic E-state index is 11.6. The van der Waals surface area contributed by atoms with Crippen molar-refractivity contribution in [2.45, 2.75) is 45.6 Å². The molecule has 0 bridgehead atoms. The molecule has 0 aromatic carbocycles. The lowest BCUT2D eigenvalue weighted by atomic mass is 10.2. The lowest BCUT2D eigenvalue weighted by Crippen LogP contribution is -2.26. The Balaban J connectivity index is 2.26. The molecule has 96 valence electrons. The van der Waals surface area contributed by atoms with E-state index in [1.807, 2.05) is 20.0 Å². The minimum atomic E-state index is 0.00992. The number of carbonyl (C=O) groups is 1. The normalized spacial score (nSPS) is 12.4. The summed E-state index contributed by atoms with van der Waals surface area (Å²) in [6.45, 7) is 4.69. The molecule has 0 fully saturated rings. The van der Waals surface area contributed by atoms with Gasteiger partial charge in [-0.25, -0.2) is 4.98 Å². The van der Waals surface area contributed by atoms with Crippen LogP contribution in [-0.4, -0.2) is 17.4 Å². The van der Waals surface area contributed by atoms with E-state index in [1.165, 1.54) is 4.88 Å². The molecule has 0 aliphatic heterocycles. The molecule has 3 N–H and O–H groups in total. The van der Waals surface area contributed by atoms with Crippen molar-refractivity contribution in [3.8, 4) is 0 Å². The SMILES string of the molecule is Cc1cnc(C(C)NC(=O)CCCCCN)s1. The Morgan fingerprint density at radius 3 is 2.88 bits per heavy atom. The third-order valence-electron chi connectivity index (χ3n) is 2.50. The standard InChI is InChI=1S/C12H21N3OS/c1-9-8-14-12(17-9)10(2)15-11(16)6-4-3-5-7-13/h8,10H,3-7,13H2,1-2H3,(H,15,16). The van der Waals surface area contributed by atoms with Crippen LogP contribution >= 0.6 is 11.3 Å². The number of nitrogens with two attached hydrogens (primary N) is 1. The molecule has 0 saturated carbocycles. The second kappa shape index (κ2) is 7.40. The van der Waals surface area contributed by atoms with Crippen molar-refractivity contribution in [3.63, 3.8) is 0 Å². The Labute approximate surface area is 107 Å². The number of nitrogens with zero attached hydrogens (tertiary/aromatic N) is 1. The maximum Gasteiger partial charge on any atom is 0.220 e. The molecule has 0 radical (unpaired) electrons. The van der Waals surface area contributed by atoms with Gasteiger partial charge in [-0.1, -0.05) is 6.42 Å². The number of hydrogen-bond acceptors (Lipinski definition) is 4. The van der Waals surface area contributed by atoms with Gasteiger partial charge in [-0.05, 0) is 33.2 Å². The van der Waals surface area contributed by atoms with Gasteiger partial charge in [0.1, 0.15) is 5.01 Å². The molecule has 1 aromatic rings. The van der Waals surface area contributed by atoms with Crippen LogP contribution in [0.2, 0.25) is 0 Å². The molecule has 0 spiro atoms. The Hall–Kier alpha value is -0.940. The van der Waals surface area contributed by atoms with Crippen molar-refractivity contribution >= 4 is 17.2 Å². The Kier molecular flexibility index (Phi) is 6.15.